The molecule has 0 aliphatic carbocycles. The lowest BCUT2D eigenvalue weighted by Crippen LogP contribution is -2.44. The molecule has 1 aromatic rings. The van der Waals surface area contributed by atoms with Crippen molar-refractivity contribution in [2.75, 3.05) is 20.2 Å². The molecule has 2 rings (SSSR count). The Kier molecular flexibility index (Phi) is 6.78. The average Bonchev–Trinajstić information content (AvgIpc) is 2.91. The van der Waals surface area contributed by atoms with E-state index in [9.17, 15) is 9.59 Å². The van der Waals surface area contributed by atoms with Crippen molar-refractivity contribution in [2.45, 2.75) is 58.6 Å². The largest absolute Gasteiger partial charge is 0.372 e. The Hall–Kier alpha value is -1.89. The van der Waals surface area contributed by atoms with Crippen molar-refractivity contribution in [3.05, 3.63) is 17.0 Å². The second-order valence-electron chi connectivity index (χ2n) is 5.99. The van der Waals surface area contributed by atoms with E-state index in [1.165, 1.54) is 7.11 Å². The Labute approximate surface area is 142 Å². The number of hydrogen-bond acceptors (Lipinski definition) is 5. The van der Waals surface area contributed by atoms with Crippen LogP contribution in [0.25, 0.3) is 0 Å². The number of amides is 2. The van der Waals surface area contributed by atoms with Gasteiger partial charge in [0.15, 0.2) is 0 Å². The maximum absolute atomic E-state index is 12.3. The van der Waals surface area contributed by atoms with E-state index in [0.717, 1.165) is 42.7 Å². The van der Waals surface area contributed by atoms with Crippen LogP contribution in [0.1, 0.15) is 50.1 Å². The van der Waals surface area contributed by atoms with Gasteiger partial charge in [-0.25, -0.2) is 0 Å². The molecule has 1 aliphatic rings. The first kappa shape index (κ1) is 18.4. The van der Waals surface area contributed by atoms with E-state index in [2.05, 4.69) is 10.5 Å². The van der Waals surface area contributed by atoms with Crippen LogP contribution in [0.5, 0.6) is 0 Å². The molecule has 0 spiro atoms. The molecule has 0 saturated carbocycles. The van der Waals surface area contributed by atoms with Crippen molar-refractivity contribution in [3.8, 4) is 0 Å². The molecule has 1 aromatic heterocycles. The molecule has 0 radical (unpaired) electrons. The van der Waals surface area contributed by atoms with E-state index in [1.54, 1.807) is 4.90 Å². The van der Waals surface area contributed by atoms with Gasteiger partial charge in [-0.15, -0.1) is 0 Å². The lowest BCUT2D eigenvalue weighted by molar-refractivity contribution is -0.144. The number of aryl methyl sites for hydroxylation is 2. The highest BCUT2D eigenvalue weighted by molar-refractivity contribution is 5.87. The maximum atomic E-state index is 12.3. The first-order valence-electron chi connectivity index (χ1n) is 8.65. The second kappa shape index (κ2) is 8.82. The first-order chi connectivity index (χ1) is 11.6. The molecule has 1 unspecified atom stereocenters. The summed E-state index contributed by atoms with van der Waals surface area (Å²) in [6.07, 6.45) is 3.60. The van der Waals surface area contributed by atoms with Gasteiger partial charge in [0, 0.05) is 32.2 Å². The number of nitrogens with one attached hydrogen (secondary N) is 1. The minimum atomic E-state index is -0.434. The number of aromatic nitrogens is 1. The Morgan fingerprint density at radius 3 is 2.83 bits per heavy atom. The molecule has 1 aliphatic heterocycles. The van der Waals surface area contributed by atoms with Crippen molar-refractivity contribution < 1.29 is 18.8 Å². The van der Waals surface area contributed by atoms with Gasteiger partial charge in [0.2, 0.25) is 5.91 Å². The van der Waals surface area contributed by atoms with Crippen molar-refractivity contribution in [1.82, 2.24) is 15.4 Å². The molecule has 2 heterocycles. The molecular formula is C17H27N3O4. The first-order valence-corrected chi connectivity index (χ1v) is 8.65. The summed E-state index contributed by atoms with van der Waals surface area (Å²) in [5, 5.41) is 6.92. The maximum Gasteiger partial charge on any atom is 0.252 e. The van der Waals surface area contributed by atoms with Gasteiger partial charge in [0.1, 0.15) is 11.9 Å². The van der Waals surface area contributed by atoms with Crippen LogP contribution in [0.15, 0.2) is 4.52 Å². The SMILES string of the molecule is CCc1noc(CC)c1CNC(=O)CN1CCCCC(OC)C1=O. The van der Waals surface area contributed by atoms with E-state index in [0.29, 0.717) is 19.5 Å². The van der Waals surface area contributed by atoms with Crippen LogP contribution in [0, 0.1) is 0 Å². The van der Waals surface area contributed by atoms with Crippen LogP contribution in [0.2, 0.25) is 0 Å². The fourth-order valence-electron chi connectivity index (χ4n) is 3.00. The van der Waals surface area contributed by atoms with Crippen LogP contribution in [0.3, 0.4) is 0 Å². The summed E-state index contributed by atoms with van der Waals surface area (Å²) in [5.74, 6) is 0.529. The summed E-state index contributed by atoms with van der Waals surface area (Å²) >= 11 is 0. The van der Waals surface area contributed by atoms with Crippen molar-refractivity contribution >= 4 is 11.8 Å². The van der Waals surface area contributed by atoms with E-state index in [1.807, 2.05) is 13.8 Å². The van der Waals surface area contributed by atoms with Gasteiger partial charge in [-0.1, -0.05) is 19.0 Å². The highest BCUT2D eigenvalue weighted by atomic mass is 16.5. The number of nitrogens with zero attached hydrogens (tertiary/aromatic N) is 2. The summed E-state index contributed by atoms with van der Waals surface area (Å²) in [4.78, 5) is 26.2. The lowest BCUT2D eigenvalue weighted by atomic mass is 10.1. The molecule has 7 heteroatoms. The average molecular weight is 337 g/mol. The Morgan fingerprint density at radius 2 is 2.17 bits per heavy atom. The van der Waals surface area contributed by atoms with Gasteiger partial charge in [-0.3, -0.25) is 9.59 Å². The van der Waals surface area contributed by atoms with Gasteiger partial charge >= 0.3 is 0 Å². The number of ether oxygens (including phenoxy) is 1. The Morgan fingerprint density at radius 1 is 1.38 bits per heavy atom. The van der Waals surface area contributed by atoms with Crippen LogP contribution in [-0.2, 0) is 33.7 Å². The third-order valence-corrected chi connectivity index (χ3v) is 4.42. The monoisotopic (exact) mass is 337 g/mol. The molecule has 2 amide bonds. The van der Waals surface area contributed by atoms with Crippen molar-refractivity contribution in [3.63, 3.8) is 0 Å². The van der Waals surface area contributed by atoms with Crippen molar-refractivity contribution in [1.29, 1.82) is 0 Å². The Bertz CT molecular complexity index is 549. The normalized spacial score (nSPS) is 18.5. The topological polar surface area (TPSA) is 84.7 Å². The molecular weight excluding hydrogens is 310 g/mol. The molecule has 1 fully saturated rings. The number of methoxy groups -OCH3 is 1. The van der Waals surface area contributed by atoms with Gasteiger partial charge in [0.25, 0.3) is 5.91 Å². The summed E-state index contributed by atoms with van der Waals surface area (Å²) in [6, 6.07) is 0. The minimum Gasteiger partial charge on any atom is -0.372 e. The fraction of sp³-hybridized carbons (Fsp3) is 0.706. The molecule has 134 valence electrons. The van der Waals surface area contributed by atoms with Gasteiger partial charge in [-0.2, -0.15) is 0 Å². The number of rotatable bonds is 7. The Balaban J connectivity index is 1.93. The second-order valence-corrected chi connectivity index (χ2v) is 5.99. The number of likely N-dealkylation sites (tertiary alicyclic amines) is 1. The van der Waals surface area contributed by atoms with E-state index >= 15 is 0 Å². The number of carbonyl (C=O) groups excluding carboxylic acids is 2. The number of hydrogen-bond donors (Lipinski definition) is 1. The molecule has 1 atom stereocenters. The lowest BCUT2D eigenvalue weighted by Gasteiger charge is -2.23. The summed E-state index contributed by atoms with van der Waals surface area (Å²) < 4.78 is 10.5. The van der Waals surface area contributed by atoms with E-state index in [4.69, 9.17) is 9.26 Å². The third-order valence-electron chi connectivity index (χ3n) is 4.42. The number of carbonyl (C=O) groups is 2. The van der Waals surface area contributed by atoms with Crippen molar-refractivity contribution in [2.24, 2.45) is 0 Å². The molecule has 7 nitrogen and oxygen atoms in total. The minimum absolute atomic E-state index is 0.0624. The quantitative estimate of drug-likeness (QED) is 0.814. The van der Waals surface area contributed by atoms with Crippen LogP contribution in [-0.4, -0.2) is 48.2 Å². The summed E-state index contributed by atoms with van der Waals surface area (Å²) in [6.45, 7) is 5.03. The van der Waals surface area contributed by atoms with Crippen LogP contribution < -0.4 is 5.32 Å². The zero-order valence-electron chi connectivity index (χ0n) is 14.8. The molecule has 0 bridgehead atoms. The van der Waals surface area contributed by atoms with E-state index < -0.39 is 6.10 Å². The predicted molar refractivity (Wildman–Crippen MR) is 88.3 cm³/mol. The summed E-state index contributed by atoms with van der Waals surface area (Å²) in [5.41, 5.74) is 1.82. The zero-order chi connectivity index (χ0) is 17.5. The van der Waals surface area contributed by atoms with Crippen LogP contribution >= 0.6 is 0 Å². The van der Waals surface area contributed by atoms with Gasteiger partial charge in [0.05, 0.1) is 12.2 Å². The third kappa shape index (κ3) is 4.35. The highest BCUT2D eigenvalue weighted by Crippen LogP contribution is 2.16. The van der Waals surface area contributed by atoms with Gasteiger partial charge < -0.3 is 19.5 Å². The molecule has 24 heavy (non-hydrogen) atoms. The van der Waals surface area contributed by atoms with Crippen LogP contribution in [0.4, 0.5) is 0 Å². The van der Waals surface area contributed by atoms with E-state index in [-0.39, 0.29) is 18.4 Å². The standard InChI is InChI=1S/C17H27N3O4/c1-4-13-12(14(5-2)24-19-13)10-18-16(21)11-20-9-7-6-8-15(23-3)17(20)22/h15H,4-11H2,1-3H3,(H,18,21). The smallest absolute Gasteiger partial charge is 0.252 e. The van der Waals surface area contributed by atoms with Gasteiger partial charge in [-0.05, 0) is 25.7 Å². The molecule has 0 aromatic carbocycles. The highest BCUT2D eigenvalue weighted by Gasteiger charge is 2.28. The zero-order valence-corrected chi connectivity index (χ0v) is 14.8. The molecule has 1 saturated heterocycles. The predicted octanol–water partition coefficient (Wildman–Crippen LogP) is 1.44. The summed E-state index contributed by atoms with van der Waals surface area (Å²) in [7, 11) is 1.54. The molecule has 1 N–H and O–H groups in total. The fourth-order valence-corrected chi connectivity index (χ4v) is 3.00.